The lowest BCUT2D eigenvalue weighted by molar-refractivity contribution is 0.102. The number of carbonyl (C=O) groups is 1. The predicted molar refractivity (Wildman–Crippen MR) is 76.7 cm³/mol. The molecule has 1 aromatic carbocycles. The van der Waals surface area contributed by atoms with Crippen LogP contribution < -0.4 is 5.32 Å². The minimum atomic E-state index is -0.162. The number of carbonyl (C=O) groups excluding carboxylic acids is 1. The van der Waals surface area contributed by atoms with E-state index in [1.807, 2.05) is 26.1 Å². The lowest BCUT2D eigenvalue weighted by Crippen LogP contribution is -2.11. The average molecular weight is 269 g/mol. The second-order valence-electron chi connectivity index (χ2n) is 4.89. The molecule has 20 heavy (non-hydrogen) atoms. The zero-order valence-electron chi connectivity index (χ0n) is 11.3. The maximum atomic E-state index is 12.2. The van der Waals surface area contributed by atoms with E-state index in [9.17, 15) is 4.79 Å². The van der Waals surface area contributed by atoms with Crippen LogP contribution in [0.5, 0.6) is 0 Å². The average Bonchev–Trinajstić information content (AvgIpc) is 3.05. The van der Waals surface area contributed by atoms with Gasteiger partial charge in [0.15, 0.2) is 0 Å². The molecule has 0 atom stereocenters. The lowest BCUT2D eigenvalue weighted by atomic mass is 10.2. The monoisotopic (exact) mass is 269 g/mol. The molecule has 0 aliphatic rings. The number of rotatable bonds is 3. The summed E-state index contributed by atoms with van der Waals surface area (Å²) in [5.74, 6) is -0.162. The van der Waals surface area contributed by atoms with Gasteiger partial charge in [0.2, 0.25) is 0 Å². The van der Waals surface area contributed by atoms with E-state index in [-0.39, 0.29) is 11.9 Å². The summed E-state index contributed by atoms with van der Waals surface area (Å²) in [7, 11) is 0. The third-order valence-electron chi connectivity index (χ3n) is 3.07. The summed E-state index contributed by atoms with van der Waals surface area (Å²) in [5.41, 5.74) is 2.96. The van der Waals surface area contributed by atoms with Crippen LogP contribution in [0.25, 0.3) is 11.0 Å². The van der Waals surface area contributed by atoms with Crippen LogP contribution in [0, 0.1) is 0 Å². The van der Waals surface area contributed by atoms with Gasteiger partial charge in [-0.15, -0.1) is 0 Å². The first kappa shape index (κ1) is 12.4. The summed E-state index contributed by atoms with van der Waals surface area (Å²) in [6.45, 7) is 4.07. The largest absolute Gasteiger partial charge is 0.345 e. The zero-order chi connectivity index (χ0) is 14.1. The van der Waals surface area contributed by atoms with Gasteiger partial charge in [-0.05, 0) is 32.0 Å². The molecule has 2 aromatic heterocycles. The molecule has 0 radical (unpaired) electrons. The highest BCUT2D eigenvalue weighted by atomic mass is 16.1. The number of benzene rings is 1. The fraction of sp³-hybridized carbons (Fsp3) is 0.214. The number of nitrogens with zero attached hydrogens (tertiary/aromatic N) is 3. The quantitative estimate of drug-likeness (QED) is 0.767. The molecule has 1 amide bonds. The molecule has 0 unspecified atom stereocenters. The van der Waals surface area contributed by atoms with Gasteiger partial charge >= 0.3 is 0 Å². The second-order valence-corrected chi connectivity index (χ2v) is 4.89. The third-order valence-corrected chi connectivity index (χ3v) is 3.07. The molecular formula is C14H15N5O. The van der Waals surface area contributed by atoms with Crippen molar-refractivity contribution in [3.8, 4) is 0 Å². The topological polar surface area (TPSA) is 75.6 Å². The smallest absolute Gasteiger partial charge is 0.255 e. The van der Waals surface area contributed by atoms with Gasteiger partial charge in [-0.1, -0.05) is 0 Å². The number of aromatic amines is 1. The van der Waals surface area contributed by atoms with Crippen LogP contribution in [0.4, 0.5) is 5.69 Å². The third kappa shape index (κ3) is 2.27. The van der Waals surface area contributed by atoms with Crippen LogP contribution in [0.1, 0.15) is 30.2 Å². The molecule has 3 rings (SSSR count). The van der Waals surface area contributed by atoms with Crippen molar-refractivity contribution in [2.45, 2.75) is 19.9 Å². The van der Waals surface area contributed by atoms with Crippen LogP contribution in [0.15, 0.2) is 36.9 Å². The van der Waals surface area contributed by atoms with Gasteiger partial charge in [0.25, 0.3) is 5.91 Å². The highest BCUT2D eigenvalue weighted by Gasteiger charge is 2.09. The van der Waals surface area contributed by atoms with Crippen molar-refractivity contribution in [3.05, 3.63) is 42.5 Å². The molecule has 6 heteroatoms. The van der Waals surface area contributed by atoms with Crippen LogP contribution in [-0.4, -0.2) is 25.7 Å². The summed E-state index contributed by atoms with van der Waals surface area (Å²) < 4.78 is 1.80. The first-order valence-corrected chi connectivity index (χ1v) is 6.42. The molecule has 3 aromatic rings. The Bertz CT molecular complexity index is 756. The number of anilines is 1. The summed E-state index contributed by atoms with van der Waals surface area (Å²) in [5, 5.41) is 7.02. The molecule has 0 fully saturated rings. The summed E-state index contributed by atoms with van der Waals surface area (Å²) in [6.07, 6.45) is 5.07. The van der Waals surface area contributed by atoms with E-state index < -0.39 is 0 Å². The second kappa shape index (κ2) is 4.80. The molecule has 0 aliphatic carbocycles. The molecule has 0 aliphatic heterocycles. The molecule has 0 spiro atoms. The molecule has 2 heterocycles. The maximum absolute atomic E-state index is 12.2. The summed E-state index contributed by atoms with van der Waals surface area (Å²) in [6, 6.07) is 5.62. The van der Waals surface area contributed by atoms with Crippen molar-refractivity contribution in [2.75, 3.05) is 5.32 Å². The van der Waals surface area contributed by atoms with Crippen molar-refractivity contribution >= 4 is 22.6 Å². The maximum Gasteiger partial charge on any atom is 0.255 e. The normalized spacial score (nSPS) is 11.2. The molecule has 6 nitrogen and oxygen atoms in total. The van der Waals surface area contributed by atoms with Crippen molar-refractivity contribution in [1.29, 1.82) is 0 Å². The number of amides is 1. The zero-order valence-corrected chi connectivity index (χ0v) is 11.3. The van der Waals surface area contributed by atoms with E-state index >= 15 is 0 Å². The van der Waals surface area contributed by atoms with Gasteiger partial charge in [-0.3, -0.25) is 9.48 Å². The van der Waals surface area contributed by atoms with E-state index in [1.54, 1.807) is 29.3 Å². The van der Waals surface area contributed by atoms with E-state index in [4.69, 9.17) is 0 Å². The van der Waals surface area contributed by atoms with Gasteiger partial charge in [-0.2, -0.15) is 5.10 Å². The first-order chi connectivity index (χ1) is 9.63. The van der Waals surface area contributed by atoms with Gasteiger partial charge < -0.3 is 10.3 Å². The molecule has 0 saturated heterocycles. The van der Waals surface area contributed by atoms with Crippen LogP contribution in [-0.2, 0) is 0 Å². The molecule has 102 valence electrons. The SMILES string of the molecule is CC(C)n1cc(NC(=O)c2ccc3nc[nH]c3c2)cn1. The highest BCUT2D eigenvalue weighted by molar-refractivity contribution is 6.05. The Morgan fingerprint density at radius 1 is 1.40 bits per heavy atom. The Kier molecular flexibility index (Phi) is 2.98. The molecule has 0 bridgehead atoms. The summed E-state index contributed by atoms with van der Waals surface area (Å²) in [4.78, 5) is 19.3. The fourth-order valence-electron chi connectivity index (χ4n) is 1.97. The number of hydrogen-bond donors (Lipinski definition) is 2. The Morgan fingerprint density at radius 2 is 2.25 bits per heavy atom. The van der Waals surface area contributed by atoms with Crippen molar-refractivity contribution in [3.63, 3.8) is 0 Å². The number of hydrogen-bond acceptors (Lipinski definition) is 3. The van der Waals surface area contributed by atoms with Gasteiger partial charge in [0.1, 0.15) is 0 Å². The summed E-state index contributed by atoms with van der Waals surface area (Å²) >= 11 is 0. The number of imidazole rings is 1. The Morgan fingerprint density at radius 3 is 3.00 bits per heavy atom. The minimum Gasteiger partial charge on any atom is -0.345 e. The van der Waals surface area contributed by atoms with E-state index in [1.165, 1.54) is 0 Å². The van der Waals surface area contributed by atoms with Crippen molar-refractivity contribution < 1.29 is 4.79 Å². The number of aromatic nitrogens is 4. The van der Waals surface area contributed by atoms with E-state index in [0.29, 0.717) is 11.3 Å². The Hall–Kier alpha value is -2.63. The number of H-pyrrole nitrogens is 1. The van der Waals surface area contributed by atoms with E-state index in [2.05, 4.69) is 20.4 Å². The predicted octanol–water partition coefficient (Wildman–Crippen LogP) is 2.59. The van der Waals surface area contributed by atoms with E-state index in [0.717, 1.165) is 11.0 Å². The lowest BCUT2D eigenvalue weighted by Gasteiger charge is -2.04. The minimum absolute atomic E-state index is 0.162. The van der Waals surface area contributed by atoms with Gasteiger partial charge in [0, 0.05) is 17.8 Å². The highest BCUT2D eigenvalue weighted by Crippen LogP contribution is 2.15. The van der Waals surface area contributed by atoms with Crippen LogP contribution in [0.2, 0.25) is 0 Å². The molecule has 0 saturated carbocycles. The first-order valence-electron chi connectivity index (χ1n) is 6.42. The number of fused-ring (bicyclic) bond motifs is 1. The Labute approximate surface area is 115 Å². The Balaban J connectivity index is 1.80. The fourth-order valence-corrected chi connectivity index (χ4v) is 1.97. The van der Waals surface area contributed by atoms with Crippen LogP contribution in [0.3, 0.4) is 0 Å². The standard InChI is InChI=1S/C14H15N5O/c1-9(2)19-7-11(6-17-19)18-14(20)10-3-4-12-13(5-10)16-8-15-12/h3-9H,1-2H3,(H,15,16)(H,18,20). The molecular weight excluding hydrogens is 254 g/mol. The van der Waals surface area contributed by atoms with Crippen molar-refractivity contribution in [1.82, 2.24) is 19.7 Å². The van der Waals surface area contributed by atoms with Gasteiger partial charge in [-0.25, -0.2) is 4.98 Å². The van der Waals surface area contributed by atoms with Gasteiger partial charge in [0.05, 0.1) is 29.2 Å². The van der Waals surface area contributed by atoms with Crippen LogP contribution >= 0.6 is 0 Å². The van der Waals surface area contributed by atoms with Crippen molar-refractivity contribution in [2.24, 2.45) is 0 Å². The number of nitrogens with one attached hydrogen (secondary N) is 2. The molecule has 2 N–H and O–H groups in total.